The number of nitrogens with zero attached hydrogens (tertiary/aromatic N) is 7. The van der Waals surface area contributed by atoms with Crippen LogP contribution in [0.1, 0.15) is 48.1 Å². The minimum Gasteiger partial charge on any atom is -0.497 e. The fourth-order valence-electron chi connectivity index (χ4n) is 7.84. The molecule has 1 amide bonds. The van der Waals surface area contributed by atoms with Gasteiger partial charge in [-0.25, -0.2) is 36.1 Å². The fourth-order valence-corrected chi connectivity index (χ4v) is 11.9. The Bertz CT molecular complexity index is 3190. The maximum Gasteiger partial charge on any atom is 0.410 e. The Morgan fingerprint density at radius 1 is 0.739 bits per heavy atom. The molecule has 0 radical (unpaired) electrons. The van der Waals surface area contributed by atoms with E-state index in [-0.39, 0.29) is 61.0 Å². The molecule has 5 aromatic carbocycles. The van der Waals surface area contributed by atoms with Crippen LogP contribution < -0.4 is 14.2 Å². The molecule has 0 atom stereocenters. The van der Waals surface area contributed by atoms with Gasteiger partial charge in [-0.05, 0) is 102 Å². The van der Waals surface area contributed by atoms with Crippen LogP contribution in [0.2, 0.25) is 0 Å². The van der Waals surface area contributed by atoms with E-state index < -0.39 is 52.6 Å². The van der Waals surface area contributed by atoms with Crippen molar-refractivity contribution in [1.29, 1.82) is 0 Å². The molecule has 0 unspecified atom stereocenters. The minimum absolute atomic E-state index is 0.0101. The van der Waals surface area contributed by atoms with Gasteiger partial charge in [-0.2, -0.15) is 4.31 Å². The Morgan fingerprint density at radius 3 is 1.84 bits per heavy atom. The fraction of sp³-hybridized carbons (Fsp3) is 0.292. The third-order valence-electron chi connectivity index (χ3n) is 11.4. The van der Waals surface area contributed by atoms with Gasteiger partial charge < -0.3 is 33.6 Å². The molecule has 8 rings (SSSR count). The van der Waals surface area contributed by atoms with Crippen molar-refractivity contribution in [3.05, 3.63) is 126 Å². The Balaban J connectivity index is 1.41. The van der Waals surface area contributed by atoms with Crippen molar-refractivity contribution >= 4 is 43.0 Å². The predicted octanol–water partition coefficient (Wildman–Crippen LogP) is 6.53. The summed E-state index contributed by atoms with van der Waals surface area (Å²) < 4.78 is 92.5. The average molecular weight is 979 g/mol. The highest BCUT2D eigenvalue weighted by Gasteiger charge is 2.46. The number of hydrogen-bond donors (Lipinski definition) is 1. The maximum absolute atomic E-state index is 16.3. The van der Waals surface area contributed by atoms with Gasteiger partial charge in [0.05, 0.1) is 56.5 Å². The third kappa shape index (κ3) is 9.97. The number of esters is 1. The summed E-state index contributed by atoms with van der Waals surface area (Å²) in [6, 6.07) is 28.5. The Labute approximate surface area is 398 Å². The Morgan fingerprint density at radius 2 is 1.30 bits per heavy atom. The van der Waals surface area contributed by atoms with Gasteiger partial charge in [-0.3, -0.25) is 0 Å². The Kier molecular flexibility index (Phi) is 13.5. The number of aromatic amines is 1. The van der Waals surface area contributed by atoms with Crippen molar-refractivity contribution in [2.75, 3.05) is 41.5 Å². The number of sulfonamides is 1. The lowest BCUT2D eigenvalue weighted by Gasteiger charge is -2.39. The number of methoxy groups -OCH3 is 4. The zero-order valence-electron chi connectivity index (χ0n) is 38.9. The van der Waals surface area contributed by atoms with Gasteiger partial charge >= 0.3 is 12.1 Å². The van der Waals surface area contributed by atoms with Crippen LogP contribution in [0.4, 0.5) is 4.79 Å². The lowest BCUT2D eigenvalue weighted by molar-refractivity contribution is 0.0138. The molecule has 2 aromatic heterocycles. The number of rotatable bonds is 16. The van der Waals surface area contributed by atoms with E-state index in [0.717, 1.165) is 0 Å². The number of nitrogens with one attached hydrogen (secondary N) is 1. The predicted molar refractivity (Wildman–Crippen MR) is 253 cm³/mol. The molecule has 1 aliphatic heterocycles. The molecule has 0 bridgehead atoms. The first-order valence-electron chi connectivity index (χ1n) is 21.6. The molecule has 69 heavy (non-hydrogen) atoms. The number of benzene rings is 5. The van der Waals surface area contributed by atoms with E-state index in [1.165, 1.54) is 54.5 Å². The number of amides is 1. The summed E-state index contributed by atoms with van der Waals surface area (Å²) in [5.41, 5.74) is 1.92. The van der Waals surface area contributed by atoms with Crippen LogP contribution in [0.3, 0.4) is 0 Å². The third-order valence-corrected chi connectivity index (χ3v) is 15.6. The maximum atomic E-state index is 16.3. The molecule has 3 heterocycles. The second kappa shape index (κ2) is 19.3. The highest BCUT2D eigenvalue weighted by atomic mass is 32.2. The van der Waals surface area contributed by atoms with Crippen LogP contribution in [0.15, 0.2) is 113 Å². The number of para-hydroxylation sites is 1. The molecule has 19 nitrogen and oxygen atoms in total. The summed E-state index contributed by atoms with van der Waals surface area (Å²) >= 11 is 0. The van der Waals surface area contributed by atoms with Crippen molar-refractivity contribution in [3.8, 4) is 39.8 Å². The standard InChI is InChI=1S/C48H50N8O11S2/c1-48(2,3)67-47(58)54-28-36(29-54)68(59,60)40-24-23-37(38-9-8-10-39-42(38)50-44(49-39)46(57)66-7)41(45-51-52-53-56(45)27-32-15-21-35(65-6)22-16-32)43(40)69(61,62)55(25-30-11-17-33(63-4)18-12-30)26-31-13-19-34(64-5)20-14-31/h8-24,36H,25-29H2,1-7H3,(H,49,50). The van der Waals surface area contributed by atoms with Crippen LogP contribution in [-0.2, 0) is 49.0 Å². The zero-order chi connectivity index (χ0) is 49.3. The summed E-state index contributed by atoms with van der Waals surface area (Å²) in [6.07, 6.45) is -0.709. The first-order chi connectivity index (χ1) is 32.9. The normalized spacial score (nSPS) is 13.3. The number of H-pyrrole nitrogens is 1. The Hall–Kier alpha value is -7.36. The van der Waals surface area contributed by atoms with Crippen LogP contribution in [-0.4, -0.2) is 121 Å². The van der Waals surface area contributed by atoms with Crippen molar-refractivity contribution in [2.45, 2.75) is 61.0 Å². The largest absolute Gasteiger partial charge is 0.497 e. The zero-order valence-corrected chi connectivity index (χ0v) is 40.5. The lowest BCUT2D eigenvalue weighted by Crippen LogP contribution is -2.57. The van der Waals surface area contributed by atoms with E-state index in [4.69, 9.17) is 23.7 Å². The molecule has 0 saturated carbocycles. The smallest absolute Gasteiger partial charge is 0.410 e. The van der Waals surface area contributed by atoms with E-state index in [9.17, 15) is 9.59 Å². The summed E-state index contributed by atoms with van der Waals surface area (Å²) in [7, 11) is -3.85. The number of imidazole rings is 1. The molecule has 0 aliphatic carbocycles. The van der Waals surface area contributed by atoms with Gasteiger partial charge in [-0.1, -0.05) is 54.6 Å². The van der Waals surface area contributed by atoms with Gasteiger partial charge in [-0.15, -0.1) is 5.10 Å². The molecular formula is C48H50N8O11S2. The molecule has 1 aliphatic rings. The van der Waals surface area contributed by atoms with E-state index >= 15 is 16.8 Å². The number of carbonyl (C=O) groups excluding carboxylic acids is 2. The summed E-state index contributed by atoms with van der Waals surface area (Å²) in [4.78, 5) is 33.6. The summed E-state index contributed by atoms with van der Waals surface area (Å²) in [5, 5.41) is 11.6. The van der Waals surface area contributed by atoms with Crippen molar-refractivity contribution < 1.29 is 50.1 Å². The number of tetrazole rings is 1. The van der Waals surface area contributed by atoms with Gasteiger partial charge in [0.1, 0.15) is 33.0 Å². The van der Waals surface area contributed by atoms with Crippen LogP contribution in [0.5, 0.6) is 17.2 Å². The second-order valence-corrected chi connectivity index (χ2v) is 21.2. The number of carbonyl (C=O) groups is 2. The van der Waals surface area contributed by atoms with E-state index in [1.807, 2.05) is 0 Å². The number of ether oxygens (including phenoxy) is 5. The molecule has 1 fully saturated rings. The lowest BCUT2D eigenvalue weighted by atomic mass is 9.97. The topological polar surface area (TPSA) is 227 Å². The second-order valence-electron chi connectivity index (χ2n) is 17.1. The van der Waals surface area contributed by atoms with Crippen LogP contribution in [0.25, 0.3) is 33.5 Å². The molecule has 1 N–H and O–H groups in total. The number of hydrogen-bond acceptors (Lipinski definition) is 15. The van der Waals surface area contributed by atoms with Crippen LogP contribution >= 0.6 is 0 Å². The monoisotopic (exact) mass is 978 g/mol. The average Bonchev–Trinajstić information content (AvgIpc) is 3.97. The minimum atomic E-state index is -5.01. The molecule has 1 saturated heterocycles. The molecule has 0 spiro atoms. The van der Waals surface area contributed by atoms with Gasteiger partial charge in [0.15, 0.2) is 15.7 Å². The van der Waals surface area contributed by atoms with Gasteiger partial charge in [0.2, 0.25) is 15.8 Å². The first-order valence-corrected chi connectivity index (χ1v) is 24.5. The molecule has 7 aromatic rings. The van der Waals surface area contributed by atoms with E-state index in [2.05, 4.69) is 25.5 Å². The van der Waals surface area contributed by atoms with Gasteiger partial charge in [0, 0.05) is 31.7 Å². The van der Waals surface area contributed by atoms with Crippen molar-refractivity contribution in [2.24, 2.45) is 0 Å². The quantitative estimate of drug-likeness (QED) is 0.102. The molecular weight excluding hydrogens is 929 g/mol. The first kappa shape index (κ1) is 48.1. The van der Waals surface area contributed by atoms with Crippen molar-refractivity contribution in [3.63, 3.8) is 0 Å². The number of fused-ring (bicyclic) bond motifs is 1. The summed E-state index contributed by atoms with van der Waals surface area (Å²) in [5.74, 6) is 0.702. The van der Waals surface area contributed by atoms with E-state index in [0.29, 0.717) is 45.0 Å². The number of aromatic nitrogens is 6. The number of sulfone groups is 1. The molecule has 360 valence electrons. The van der Waals surface area contributed by atoms with Gasteiger partial charge in [0.25, 0.3) is 0 Å². The van der Waals surface area contributed by atoms with E-state index in [1.54, 1.807) is 112 Å². The van der Waals surface area contributed by atoms with Crippen molar-refractivity contribution in [1.82, 2.24) is 39.4 Å². The highest BCUT2D eigenvalue weighted by Crippen LogP contribution is 2.45. The highest BCUT2D eigenvalue weighted by molar-refractivity contribution is 7.94. The molecule has 21 heteroatoms. The van der Waals surface area contributed by atoms with Crippen LogP contribution in [0, 0.1) is 0 Å². The SMILES string of the molecule is COC(=O)c1nc2c(-c3ccc(S(=O)(=O)C4CN(C(=O)OC(C)(C)C)C4)c(S(=O)(=O)N(Cc4ccc(OC)cc4)Cc4ccc(OC)cc4)c3-c3nnnn3Cc3ccc(OC)cc3)cccc2[nH]1. The number of likely N-dealkylation sites (tertiary alicyclic amines) is 1. The summed E-state index contributed by atoms with van der Waals surface area (Å²) in [6.45, 7) is 4.11.